The highest BCUT2D eigenvalue weighted by atomic mass is 32.2. The Balaban J connectivity index is 1.24. The Morgan fingerprint density at radius 3 is 2.46 bits per heavy atom. The third kappa shape index (κ3) is 4.54. The second kappa shape index (κ2) is 8.93. The number of rotatable bonds is 6. The van der Waals surface area contributed by atoms with Crippen molar-refractivity contribution in [3.05, 3.63) is 66.4 Å². The Labute approximate surface area is 168 Å². The molecule has 0 radical (unpaired) electrons. The van der Waals surface area contributed by atoms with Gasteiger partial charge < -0.3 is 14.2 Å². The number of piperazine rings is 1. The number of carbonyl (C=O) groups excluding carboxylic acids is 1. The highest BCUT2D eigenvalue weighted by Gasteiger charge is 2.22. The van der Waals surface area contributed by atoms with Crippen LogP contribution in [0, 0.1) is 0 Å². The van der Waals surface area contributed by atoms with Crippen LogP contribution < -0.4 is 4.90 Å². The monoisotopic (exact) mass is 394 g/mol. The third-order valence-electron chi connectivity index (χ3n) is 4.72. The molecule has 28 heavy (non-hydrogen) atoms. The maximum Gasteiger partial charge on any atom is 0.232 e. The average molecular weight is 395 g/mol. The lowest BCUT2D eigenvalue weighted by Crippen LogP contribution is -2.49. The fraction of sp³-hybridized carbons (Fsp3) is 0.286. The van der Waals surface area contributed by atoms with Crippen LogP contribution in [0.15, 0.2) is 65.3 Å². The molecule has 3 heterocycles. The first-order chi connectivity index (χ1) is 13.8. The van der Waals surface area contributed by atoms with Crippen LogP contribution in [0.1, 0.15) is 5.56 Å². The van der Waals surface area contributed by atoms with Crippen LogP contribution in [0.4, 0.5) is 5.82 Å². The average Bonchev–Trinajstić information content (AvgIpc) is 3.30. The number of benzene rings is 1. The van der Waals surface area contributed by atoms with Crippen molar-refractivity contribution in [2.75, 3.05) is 36.8 Å². The first-order valence-corrected chi connectivity index (χ1v) is 10.5. The third-order valence-corrected chi connectivity index (χ3v) is 5.71. The normalized spacial score (nSPS) is 14.3. The first kappa shape index (κ1) is 18.6. The number of furan rings is 1. The van der Waals surface area contributed by atoms with Crippen LogP contribution >= 0.6 is 11.8 Å². The molecule has 2 aromatic heterocycles. The van der Waals surface area contributed by atoms with Crippen molar-refractivity contribution in [1.29, 1.82) is 0 Å². The van der Waals surface area contributed by atoms with Crippen LogP contribution in [0.3, 0.4) is 0 Å². The van der Waals surface area contributed by atoms with Gasteiger partial charge in [-0.25, -0.2) is 0 Å². The lowest BCUT2D eigenvalue weighted by molar-refractivity contribution is -0.128. The second-order valence-electron chi connectivity index (χ2n) is 6.60. The van der Waals surface area contributed by atoms with Gasteiger partial charge in [0.05, 0.1) is 12.0 Å². The van der Waals surface area contributed by atoms with E-state index in [4.69, 9.17) is 4.42 Å². The molecular weight excluding hydrogens is 372 g/mol. The number of hydrogen-bond acceptors (Lipinski definition) is 6. The van der Waals surface area contributed by atoms with Gasteiger partial charge in [0.25, 0.3) is 0 Å². The molecule has 0 atom stereocenters. The summed E-state index contributed by atoms with van der Waals surface area (Å²) in [6.45, 7) is 2.96. The lowest BCUT2D eigenvalue weighted by atomic mass is 10.2. The topological polar surface area (TPSA) is 62.5 Å². The summed E-state index contributed by atoms with van der Waals surface area (Å²) < 4.78 is 5.34. The van der Waals surface area contributed by atoms with Gasteiger partial charge in [-0.2, -0.15) is 0 Å². The van der Waals surface area contributed by atoms with E-state index in [9.17, 15) is 4.79 Å². The molecule has 7 heteroatoms. The van der Waals surface area contributed by atoms with Gasteiger partial charge in [-0.15, -0.1) is 22.0 Å². The fourth-order valence-electron chi connectivity index (χ4n) is 3.16. The van der Waals surface area contributed by atoms with Gasteiger partial charge in [0.1, 0.15) is 5.69 Å². The Morgan fingerprint density at radius 1 is 0.964 bits per heavy atom. The first-order valence-electron chi connectivity index (χ1n) is 9.31. The minimum Gasteiger partial charge on any atom is -0.463 e. The molecule has 1 amide bonds. The molecule has 1 fully saturated rings. The highest BCUT2D eigenvalue weighted by Crippen LogP contribution is 2.20. The summed E-state index contributed by atoms with van der Waals surface area (Å²) in [5, 5.41) is 8.57. The number of aromatic nitrogens is 2. The summed E-state index contributed by atoms with van der Waals surface area (Å²) in [4.78, 5) is 16.6. The number of thioether (sulfide) groups is 1. The zero-order valence-corrected chi connectivity index (χ0v) is 16.3. The van der Waals surface area contributed by atoms with Crippen LogP contribution in [0.5, 0.6) is 0 Å². The van der Waals surface area contributed by atoms with Crippen molar-refractivity contribution in [2.45, 2.75) is 5.75 Å². The molecule has 1 aliphatic heterocycles. The van der Waals surface area contributed by atoms with Gasteiger partial charge in [0.15, 0.2) is 11.6 Å². The van der Waals surface area contributed by atoms with Crippen LogP contribution in [-0.4, -0.2) is 52.9 Å². The Morgan fingerprint density at radius 2 is 1.79 bits per heavy atom. The van der Waals surface area contributed by atoms with Crippen molar-refractivity contribution in [3.8, 4) is 11.5 Å². The van der Waals surface area contributed by atoms with Gasteiger partial charge in [-0.05, 0) is 29.8 Å². The summed E-state index contributed by atoms with van der Waals surface area (Å²) in [6, 6.07) is 17.8. The van der Waals surface area contributed by atoms with E-state index < -0.39 is 0 Å². The molecule has 1 aliphatic rings. The maximum atomic E-state index is 12.5. The summed E-state index contributed by atoms with van der Waals surface area (Å²) in [5.74, 6) is 3.14. The van der Waals surface area contributed by atoms with E-state index in [-0.39, 0.29) is 5.91 Å². The van der Waals surface area contributed by atoms with Gasteiger partial charge in [-0.3, -0.25) is 4.79 Å². The van der Waals surface area contributed by atoms with Gasteiger partial charge in [0.2, 0.25) is 5.91 Å². The van der Waals surface area contributed by atoms with Crippen molar-refractivity contribution in [3.63, 3.8) is 0 Å². The van der Waals surface area contributed by atoms with E-state index in [0.717, 1.165) is 30.4 Å². The van der Waals surface area contributed by atoms with Crippen molar-refractivity contribution >= 4 is 23.5 Å². The quantitative estimate of drug-likeness (QED) is 0.639. The summed E-state index contributed by atoms with van der Waals surface area (Å²) >= 11 is 1.67. The molecule has 0 bridgehead atoms. The number of amides is 1. The number of carbonyl (C=O) groups is 1. The van der Waals surface area contributed by atoms with E-state index >= 15 is 0 Å². The molecule has 3 aromatic rings. The predicted molar refractivity (Wildman–Crippen MR) is 111 cm³/mol. The predicted octanol–water partition coefficient (Wildman–Crippen LogP) is 3.32. The minimum atomic E-state index is 0.208. The highest BCUT2D eigenvalue weighted by molar-refractivity contribution is 7.99. The second-order valence-corrected chi connectivity index (χ2v) is 7.59. The molecule has 0 saturated carbocycles. The van der Waals surface area contributed by atoms with E-state index in [1.165, 1.54) is 5.56 Å². The summed E-state index contributed by atoms with van der Waals surface area (Å²) in [5.41, 5.74) is 1.97. The zero-order chi connectivity index (χ0) is 19.2. The molecule has 6 nitrogen and oxygen atoms in total. The van der Waals surface area contributed by atoms with Crippen molar-refractivity contribution < 1.29 is 9.21 Å². The molecule has 0 aliphatic carbocycles. The smallest absolute Gasteiger partial charge is 0.232 e. The lowest BCUT2D eigenvalue weighted by Gasteiger charge is -2.35. The molecule has 4 rings (SSSR count). The zero-order valence-electron chi connectivity index (χ0n) is 15.5. The number of anilines is 1. The van der Waals surface area contributed by atoms with Gasteiger partial charge in [-0.1, -0.05) is 30.3 Å². The standard InChI is InChI=1S/C21H22N4O2S/c26-21(16-28-15-17-5-2-1-3-6-17)25-12-10-24(11-13-25)20-9-8-18(22-23-20)19-7-4-14-27-19/h1-9,14H,10-13,15-16H2. The van der Waals surface area contributed by atoms with E-state index in [1.807, 2.05) is 47.4 Å². The number of nitrogens with zero attached hydrogens (tertiary/aromatic N) is 4. The van der Waals surface area contributed by atoms with E-state index in [1.54, 1.807) is 18.0 Å². The van der Waals surface area contributed by atoms with Crippen molar-refractivity contribution in [1.82, 2.24) is 15.1 Å². The van der Waals surface area contributed by atoms with Gasteiger partial charge >= 0.3 is 0 Å². The molecule has 0 spiro atoms. The Kier molecular flexibility index (Phi) is 5.92. The molecule has 0 unspecified atom stereocenters. The molecule has 0 N–H and O–H groups in total. The molecular formula is C21H22N4O2S. The van der Waals surface area contributed by atoms with Crippen molar-refractivity contribution in [2.24, 2.45) is 0 Å². The van der Waals surface area contributed by atoms with Crippen LogP contribution in [0.2, 0.25) is 0 Å². The SMILES string of the molecule is O=C(CSCc1ccccc1)N1CCN(c2ccc(-c3ccco3)nn2)CC1. The summed E-state index contributed by atoms with van der Waals surface area (Å²) in [7, 11) is 0. The van der Waals surface area contributed by atoms with Gasteiger partial charge in [0, 0.05) is 31.9 Å². The van der Waals surface area contributed by atoms with Crippen LogP contribution in [-0.2, 0) is 10.5 Å². The fourth-order valence-corrected chi connectivity index (χ4v) is 4.04. The number of hydrogen-bond donors (Lipinski definition) is 0. The Hall–Kier alpha value is -2.80. The molecule has 1 aromatic carbocycles. The molecule has 1 saturated heterocycles. The molecule has 144 valence electrons. The summed E-state index contributed by atoms with van der Waals surface area (Å²) in [6.07, 6.45) is 1.62. The maximum absolute atomic E-state index is 12.5. The largest absolute Gasteiger partial charge is 0.463 e. The Bertz CT molecular complexity index is 877. The van der Waals surface area contributed by atoms with E-state index in [0.29, 0.717) is 24.6 Å². The van der Waals surface area contributed by atoms with Crippen LogP contribution in [0.25, 0.3) is 11.5 Å². The minimum absolute atomic E-state index is 0.208. The van der Waals surface area contributed by atoms with E-state index in [2.05, 4.69) is 27.2 Å².